The number of fused-ring (bicyclic) bond motifs is 1. The van der Waals surface area contributed by atoms with Crippen molar-refractivity contribution in [1.29, 1.82) is 0 Å². The number of amides is 4. The van der Waals surface area contributed by atoms with E-state index in [0.29, 0.717) is 25.9 Å². The number of carbonyl (C=O) groups excluding carboxylic acids is 4. The summed E-state index contributed by atoms with van der Waals surface area (Å²) < 4.78 is 0. The standard InChI is InChI=1S/C23H27Cl2N3O4/c1-13(28-22(31)16-11-18(24)19(25)12-17(16)23(28)32)21(30)27-9-7-15(8-10-27)26-20(29)14-5-3-2-4-6-14/h11-15H,2-10H2,1H3,(H,26,29). The van der Waals surface area contributed by atoms with Gasteiger partial charge in [-0.05, 0) is 44.7 Å². The first-order valence-electron chi connectivity index (χ1n) is 11.2. The topological polar surface area (TPSA) is 86.8 Å². The smallest absolute Gasteiger partial charge is 0.262 e. The van der Waals surface area contributed by atoms with Gasteiger partial charge in [0, 0.05) is 25.0 Å². The first-order valence-corrected chi connectivity index (χ1v) is 12.0. The van der Waals surface area contributed by atoms with E-state index in [1.165, 1.54) is 18.6 Å². The SMILES string of the molecule is CC(C(=O)N1CCC(NC(=O)C2CCCCC2)CC1)N1C(=O)c2cc(Cl)c(Cl)cc2C1=O. The molecule has 1 aliphatic carbocycles. The lowest BCUT2D eigenvalue weighted by Gasteiger charge is -2.36. The minimum Gasteiger partial charge on any atom is -0.353 e. The van der Waals surface area contributed by atoms with Crippen LogP contribution in [0.25, 0.3) is 0 Å². The Morgan fingerprint density at radius 3 is 2.00 bits per heavy atom. The molecule has 172 valence electrons. The molecule has 4 amide bonds. The van der Waals surface area contributed by atoms with Crippen LogP contribution >= 0.6 is 23.2 Å². The van der Waals surface area contributed by atoms with E-state index in [1.807, 2.05) is 0 Å². The average molecular weight is 480 g/mol. The molecule has 1 N–H and O–H groups in total. The summed E-state index contributed by atoms with van der Waals surface area (Å²) in [7, 11) is 0. The minimum atomic E-state index is -0.937. The molecule has 1 aromatic rings. The second-order valence-electron chi connectivity index (χ2n) is 8.91. The van der Waals surface area contributed by atoms with E-state index < -0.39 is 17.9 Å². The number of halogens is 2. The lowest BCUT2D eigenvalue weighted by molar-refractivity contribution is -0.136. The highest BCUT2D eigenvalue weighted by Crippen LogP contribution is 2.33. The Hall–Kier alpha value is -2.12. The maximum absolute atomic E-state index is 13.1. The molecule has 3 aliphatic rings. The van der Waals surface area contributed by atoms with Crippen LogP contribution in [0.1, 0.15) is 72.6 Å². The van der Waals surface area contributed by atoms with E-state index in [0.717, 1.165) is 30.6 Å². The van der Waals surface area contributed by atoms with E-state index in [1.54, 1.807) is 11.8 Å². The first kappa shape index (κ1) is 23.1. The summed E-state index contributed by atoms with van der Waals surface area (Å²) in [6.45, 7) is 2.50. The normalized spacial score (nSPS) is 21.0. The predicted octanol–water partition coefficient (Wildman–Crippen LogP) is 3.67. The van der Waals surface area contributed by atoms with Gasteiger partial charge in [0.15, 0.2) is 0 Å². The molecular formula is C23H27Cl2N3O4. The van der Waals surface area contributed by atoms with Gasteiger partial charge in [-0.2, -0.15) is 0 Å². The molecule has 2 heterocycles. The van der Waals surface area contributed by atoms with Crippen LogP contribution in [-0.4, -0.2) is 58.6 Å². The number of benzene rings is 1. The Kier molecular flexibility index (Phi) is 6.77. The Bertz CT molecular complexity index is 912. The summed E-state index contributed by atoms with van der Waals surface area (Å²) in [4.78, 5) is 53.8. The quantitative estimate of drug-likeness (QED) is 0.667. The molecule has 9 heteroatoms. The molecule has 1 saturated heterocycles. The molecule has 2 aliphatic heterocycles. The van der Waals surface area contributed by atoms with Crippen LogP contribution < -0.4 is 5.32 Å². The largest absolute Gasteiger partial charge is 0.353 e. The third-order valence-corrected chi connectivity index (χ3v) is 7.55. The molecule has 1 aromatic carbocycles. The lowest BCUT2D eigenvalue weighted by atomic mass is 9.88. The van der Waals surface area contributed by atoms with Crippen LogP contribution in [0.15, 0.2) is 12.1 Å². The van der Waals surface area contributed by atoms with Crippen molar-refractivity contribution in [3.63, 3.8) is 0 Å². The zero-order chi connectivity index (χ0) is 23.0. The molecule has 1 atom stereocenters. The highest BCUT2D eigenvalue weighted by Gasteiger charge is 2.43. The monoisotopic (exact) mass is 479 g/mol. The van der Waals surface area contributed by atoms with E-state index in [2.05, 4.69) is 5.32 Å². The zero-order valence-corrected chi connectivity index (χ0v) is 19.5. The summed E-state index contributed by atoms with van der Waals surface area (Å²) in [6.07, 6.45) is 6.65. The van der Waals surface area contributed by atoms with Crippen LogP contribution in [0, 0.1) is 5.92 Å². The second kappa shape index (κ2) is 9.40. The summed E-state index contributed by atoms with van der Waals surface area (Å²) in [5.74, 6) is -1.13. The highest BCUT2D eigenvalue weighted by molar-refractivity contribution is 6.43. The van der Waals surface area contributed by atoms with Gasteiger partial charge in [-0.25, -0.2) is 0 Å². The number of likely N-dealkylation sites (tertiary alicyclic amines) is 1. The molecule has 32 heavy (non-hydrogen) atoms. The summed E-state index contributed by atoms with van der Waals surface area (Å²) >= 11 is 12.0. The van der Waals surface area contributed by atoms with E-state index in [-0.39, 0.29) is 44.9 Å². The van der Waals surface area contributed by atoms with Gasteiger partial charge in [0.1, 0.15) is 6.04 Å². The Labute approximate surface area is 197 Å². The van der Waals surface area contributed by atoms with Crippen molar-refractivity contribution in [2.75, 3.05) is 13.1 Å². The van der Waals surface area contributed by atoms with Crippen molar-refractivity contribution in [2.45, 2.75) is 64.0 Å². The number of nitrogens with zero attached hydrogens (tertiary/aromatic N) is 2. The fourth-order valence-electron chi connectivity index (χ4n) is 4.91. The molecule has 1 saturated carbocycles. The fraction of sp³-hybridized carbons (Fsp3) is 0.565. The van der Waals surface area contributed by atoms with Crippen molar-refractivity contribution in [2.24, 2.45) is 5.92 Å². The third-order valence-electron chi connectivity index (χ3n) is 6.83. The Balaban J connectivity index is 1.34. The van der Waals surface area contributed by atoms with Gasteiger partial charge in [-0.1, -0.05) is 42.5 Å². The van der Waals surface area contributed by atoms with Gasteiger partial charge < -0.3 is 10.2 Å². The van der Waals surface area contributed by atoms with Crippen LogP contribution in [0.5, 0.6) is 0 Å². The van der Waals surface area contributed by atoms with E-state index >= 15 is 0 Å². The van der Waals surface area contributed by atoms with Gasteiger partial charge in [0.2, 0.25) is 11.8 Å². The summed E-state index contributed by atoms with van der Waals surface area (Å²) in [6, 6.07) is 1.86. The van der Waals surface area contributed by atoms with Crippen molar-refractivity contribution in [3.8, 4) is 0 Å². The number of rotatable bonds is 4. The second-order valence-corrected chi connectivity index (χ2v) is 9.73. The minimum absolute atomic E-state index is 0.0485. The van der Waals surface area contributed by atoms with Crippen molar-refractivity contribution >= 4 is 46.8 Å². The Morgan fingerprint density at radius 1 is 0.938 bits per heavy atom. The number of nitrogens with one attached hydrogen (secondary N) is 1. The predicted molar refractivity (Wildman–Crippen MR) is 121 cm³/mol. The molecule has 0 radical (unpaired) electrons. The van der Waals surface area contributed by atoms with Gasteiger partial charge in [-0.15, -0.1) is 0 Å². The first-order chi connectivity index (χ1) is 15.3. The lowest BCUT2D eigenvalue weighted by Crippen LogP contribution is -2.53. The molecule has 0 aromatic heterocycles. The molecule has 1 unspecified atom stereocenters. The molecule has 0 bridgehead atoms. The number of hydrogen-bond acceptors (Lipinski definition) is 4. The number of hydrogen-bond donors (Lipinski definition) is 1. The number of carbonyl (C=O) groups is 4. The maximum Gasteiger partial charge on any atom is 0.262 e. The highest BCUT2D eigenvalue weighted by atomic mass is 35.5. The summed E-state index contributed by atoms with van der Waals surface area (Å²) in [5, 5.41) is 3.52. The number of imide groups is 1. The molecule has 4 rings (SSSR count). The van der Waals surface area contributed by atoms with E-state index in [9.17, 15) is 19.2 Å². The molecule has 2 fully saturated rings. The fourth-order valence-corrected chi connectivity index (χ4v) is 5.23. The third kappa shape index (κ3) is 4.37. The van der Waals surface area contributed by atoms with Crippen LogP contribution in [0.4, 0.5) is 0 Å². The van der Waals surface area contributed by atoms with Gasteiger partial charge in [-0.3, -0.25) is 24.1 Å². The van der Waals surface area contributed by atoms with Crippen molar-refractivity contribution in [3.05, 3.63) is 33.3 Å². The van der Waals surface area contributed by atoms with Crippen LogP contribution in [-0.2, 0) is 9.59 Å². The van der Waals surface area contributed by atoms with Crippen molar-refractivity contribution < 1.29 is 19.2 Å². The van der Waals surface area contributed by atoms with Crippen molar-refractivity contribution in [1.82, 2.24) is 15.1 Å². The number of piperidine rings is 1. The molecule has 7 nitrogen and oxygen atoms in total. The zero-order valence-electron chi connectivity index (χ0n) is 18.0. The maximum atomic E-state index is 13.1. The molecule has 0 spiro atoms. The van der Waals surface area contributed by atoms with Gasteiger partial charge >= 0.3 is 0 Å². The average Bonchev–Trinajstić information content (AvgIpc) is 3.03. The molecular weight excluding hydrogens is 453 g/mol. The van der Waals surface area contributed by atoms with Crippen LogP contribution in [0.3, 0.4) is 0 Å². The van der Waals surface area contributed by atoms with Gasteiger partial charge in [0.25, 0.3) is 11.8 Å². The Morgan fingerprint density at radius 2 is 1.47 bits per heavy atom. The summed E-state index contributed by atoms with van der Waals surface area (Å²) in [5.41, 5.74) is 0.321. The van der Waals surface area contributed by atoms with Gasteiger partial charge in [0.05, 0.1) is 21.2 Å². The van der Waals surface area contributed by atoms with Crippen LogP contribution in [0.2, 0.25) is 10.0 Å². The van der Waals surface area contributed by atoms with E-state index in [4.69, 9.17) is 23.2 Å².